The van der Waals surface area contributed by atoms with Crippen LogP contribution in [0.1, 0.15) is 18.1 Å². The summed E-state index contributed by atoms with van der Waals surface area (Å²) in [6.45, 7) is 4.11. The highest BCUT2D eigenvalue weighted by molar-refractivity contribution is 7.80. The molecule has 1 heterocycles. The van der Waals surface area contributed by atoms with Crippen LogP contribution in [0.4, 0.5) is 0 Å². The monoisotopic (exact) mass is 311 g/mol. The van der Waals surface area contributed by atoms with Crippen LogP contribution in [0.15, 0.2) is 51.9 Å². The van der Waals surface area contributed by atoms with Crippen LogP contribution in [0.5, 0.6) is 5.75 Å². The molecule has 0 spiro atoms. The molecule has 0 bridgehead atoms. The first-order valence-electron chi connectivity index (χ1n) is 7.18. The van der Waals surface area contributed by atoms with Crippen molar-refractivity contribution in [2.45, 2.75) is 25.2 Å². The van der Waals surface area contributed by atoms with E-state index < -0.39 is 0 Å². The van der Waals surface area contributed by atoms with Crippen LogP contribution in [0.25, 0.3) is 22.6 Å². The van der Waals surface area contributed by atoms with Crippen LogP contribution in [-0.2, 0) is 6.42 Å². The molecular weight excluding hydrogens is 294 g/mol. The summed E-state index contributed by atoms with van der Waals surface area (Å²) in [6, 6.07) is 13.0. The zero-order chi connectivity index (χ0) is 15.7. The highest BCUT2D eigenvalue weighted by Gasteiger charge is 2.17. The van der Waals surface area contributed by atoms with Gasteiger partial charge in [-0.2, -0.15) is 0 Å². The fourth-order valence-electron chi connectivity index (χ4n) is 2.51. The van der Waals surface area contributed by atoms with Gasteiger partial charge >= 0.3 is 0 Å². The number of phenolic OH excluding ortho intramolecular Hbond substituents is 1. The molecule has 0 aliphatic carbocycles. The van der Waals surface area contributed by atoms with Crippen molar-refractivity contribution in [3.63, 3.8) is 0 Å². The Morgan fingerprint density at radius 2 is 1.77 bits per heavy atom. The van der Waals surface area contributed by atoms with Crippen LogP contribution < -0.4 is 0 Å². The molecule has 3 nitrogen and oxygen atoms in total. The van der Waals surface area contributed by atoms with Gasteiger partial charge in [0, 0.05) is 21.6 Å². The number of aromatic hydroxyl groups is 1. The minimum Gasteiger partial charge on any atom is -0.508 e. The van der Waals surface area contributed by atoms with Crippen LogP contribution in [0, 0.1) is 6.92 Å². The normalized spacial score (nSPS) is 10.9. The van der Waals surface area contributed by atoms with Crippen molar-refractivity contribution in [3.8, 4) is 28.3 Å². The average molecular weight is 311 g/mol. The maximum atomic E-state index is 9.42. The van der Waals surface area contributed by atoms with Gasteiger partial charge in [-0.15, -0.1) is 12.6 Å². The van der Waals surface area contributed by atoms with E-state index in [1.165, 1.54) is 0 Å². The van der Waals surface area contributed by atoms with Crippen molar-refractivity contribution < 1.29 is 9.63 Å². The Morgan fingerprint density at radius 3 is 2.41 bits per heavy atom. The summed E-state index contributed by atoms with van der Waals surface area (Å²) in [6.07, 6.45) is 0.816. The predicted molar refractivity (Wildman–Crippen MR) is 90.4 cm³/mol. The summed E-state index contributed by atoms with van der Waals surface area (Å²) in [4.78, 5) is 0.958. The lowest BCUT2D eigenvalue weighted by Crippen LogP contribution is -1.88. The first-order valence-corrected chi connectivity index (χ1v) is 7.62. The summed E-state index contributed by atoms with van der Waals surface area (Å²) in [5, 5.41) is 13.7. The molecule has 0 radical (unpaired) electrons. The van der Waals surface area contributed by atoms with E-state index in [1.54, 1.807) is 12.1 Å². The van der Waals surface area contributed by atoms with Crippen LogP contribution in [-0.4, -0.2) is 10.3 Å². The molecule has 0 atom stereocenters. The van der Waals surface area contributed by atoms with Gasteiger partial charge in [0.1, 0.15) is 11.4 Å². The number of rotatable bonds is 3. The Kier molecular flexibility index (Phi) is 3.94. The first kappa shape index (κ1) is 14.7. The fourth-order valence-corrected chi connectivity index (χ4v) is 2.65. The highest BCUT2D eigenvalue weighted by atomic mass is 32.1. The minimum absolute atomic E-state index is 0.241. The maximum Gasteiger partial charge on any atom is 0.170 e. The van der Waals surface area contributed by atoms with Crippen LogP contribution in [0.2, 0.25) is 0 Å². The zero-order valence-corrected chi connectivity index (χ0v) is 13.4. The molecule has 1 N–H and O–H groups in total. The summed E-state index contributed by atoms with van der Waals surface area (Å²) < 4.78 is 5.61. The largest absolute Gasteiger partial charge is 0.508 e. The zero-order valence-electron chi connectivity index (χ0n) is 12.5. The lowest BCUT2D eigenvalue weighted by atomic mass is 10.00. The van der Waals surface area contributed by atoms with Gasteiger partial charge < -0.3 is 9.63 Å². The van der Waals surface area contributed by atoms with Gasteiger partial charge in [-0.3, -0.25) is 0 Å². The molecule has 0 saturated carbocycles. The number of aromatic nitrogens is 1. The van der Waals surface area contributed by atoms with E-state index in [2.05, 4.69) is 30.8 Å². The summed E-state index contributed by atoms with van der Waals surface area (Å²) in [5.41, 5.74) is 4.93. The lowest BCUT2D eigenvalue weighted by molar-refractivity contribution is 0.434. The van der Waals surface area contributed by atoms with E-state index in [-0.39, 0.29) is 5.75 Å². The number of aryl methyl sites for hydroxylation is 1. The molecule has 0 aliphatic rings. The third-order valence-electron chi connectivity index (χ3n) is 3.74. The second-order valence-corrected chi connectivity index (χ2v) is 5.72. The molecule has 2 aromatic carbocycles. The third-order valence-corrected chi connectivity index (χ3v) is 4.24. The average Bonchev–Trinajstić information content (AvgIpc) is 2.94. The van der Waals surface area contributed by atoms with Gasteiger partial charge in [0.15, 0.2) is 5.76 Å². The summed E-state index contributed by atoms with van der Waals surface area (Å²) in [7, 11) is 0. The molecule has 4 heteroatoms. The highest BCUT2D eigenvalue weighted by Crippen LogP contribution is 2.34. The second kappa shape index (κ2) is 5.89. The topological polar surface area (TPSA) is 46.3 Å². The van der Waals surface area contributed by atoms with Gasteiger partial charge in [0.05, 0.1) is 0 Å². The Labute approximate surface area is 135 Å². The smallest absolute Gasteiger partial charge is 0.170 e. The van der Waals surface area contributed by atoms with Crippen molar-refractivity contribution >= 4 is 12.6 Å². The molecule has 0 fully saturated rings. The van der Waals surface area contributed by atoms with E-state index >= 15 is 0 Å². The SMILES string of the molecule is CCc1c(-c2ccc(O)cc2)noc1-c1ccc(S)c(C)c1. The van der Waals surface area contributed by atoms with Gasteiger partial charge in [-0.25, -0.2) is 0 Å². The van der Waals surface area contributed by atoms with Crippen molar-refractivity contribution in [1.82, 2.24) is 5.16 Å². The number of thiol groups is 1. The Bertz CT molecular complexity index is 806. The van der Waals surface area contributed by atoms with Gasteiger partial charge in [-0.1, -0.05) is 18.1 Å². The summed E-state index contributed by atoms with van der Waals surface area (Å²) in [5.74, 6) is 1.03. The minimum atomic E-state index is 0.241. The predicted octanol–water partition coefficient (Wildman–Crippen LogP) is 4.87. The standard InChI is InChI=1S/C18H17NO2S/c1-3-15-17(12-4-7-14(20)8-5-12)19-21-18(15)13-6-9-16(22)11(2)10-13/h4-10,20,22H,3H2,1-2H3. The molecule has 0 aliphatic heterocycles. The van der Waals surface area contributed by atoms with Crippen molar-refractivity contribution in [3.05, 3.63) is 53.6 Å². The molecular formula is C18H17NO2S. The molecule has 0 unspecified atom stereocenters. The van der Waals surface area contributed by atoms with E-state index in [0.29, 0.717) is 0 Å². The van der Waals surface area contributed by atoms with Crippen molar-refractivity contribution in [2.75, 3.05) is 0 Å². The number of phenols is 1. The Morgan fingerprint density at radius 1 is 1.09 bits per heavy atom. The second-order valence-electron chi connectivity index (χ2n) is 5.24. The van der Waals surface area contributed by atoms with Crippen LogP contribution in [0.3, 0.4) is 0 Å². The molecule has 3 aromatic rings. The van der Waals surface area contributed by atoms with Crippen LogP contribution >= 0.6 is 12.6 Å². The quantitative estimate of drug-likeness (QED) is 0.678. The maximum absolute atomic E-state index is 9.42. The first-order chi connectivity index (χ1) is 10.6. The number of hydrogen-bond acceptors (Lipinski definition) is 4. The van der Waals surface area contributed by atoms with Crippen molar-refractivity contribution in [2.24, 2.45) is 0 Å². The molecule has 0 saturated heterocycles. The Hall–Kier alpha value is -2.20. The van der Waals surface area contributed by atoms with E-state index in [0.717, 1.165) is 45.0 Å². The van der Waals surface area contributed by atoms with Gasteiger partial charge in [-0.05, 0) is 55.3 Å². The molecule has 112 valence electrons. The third kappa shape index (κ3) is 2.62. The fraction of sp³-hybridized carbons (Fsp3) is 0.167. The van der Waals surface area contributed by atoms with Gasteiger partial charge in [0.25, 0.3) is 0 Å². The number of hydrogen-bond donors (Lipinski definition) is 2. The van der Waals surface area contributed by atoms with Gasteiger partial charge in [0.2, 0.25) is 0 Å². The number of benzene rings is 2. The molecule has 22 heavy (non-hydrogen) atoms. The Balaban J connectivity index is 2.10. The van der Waals surface area contributed by atoms with E-state index in [4.69, 9.17) is 4.52 Å². The van der Waals surface area contributed by atoms with E-state index in [9.17, 15) is 5.11 Å². The number of nitrogens with zero attached hydrogens (tertiary/aromatic N) is 1. The summed E-state index contributed by atoms with van der Waals surface area (Å²) >= 11 is 4.41. The molecule has 3 rings (SSSR count). The lowest BCUT2D eigenvalue weighted by Gasteiger charge is -2.04. The van der Waals surface area contributed by atoms with E-state index in [1.807, 2.05) is 31.2 Å². The molecule has 1 aromatic heterocycles. The molecule has 0 amide bonds. The van der Waals surface area contributed by atoms with Crippen molar-refractivity contribution in [1.29, 1.82) is 0 Å².